The van der Waals surface area contributed by atoms with E-state index in [9.17, 15) is 8.42 Å². The molecule has 0 saturated carbocycles. The summed E-state index contributed by atoms with van der Waals surface area (Å²) in [6, 6.07) is 6.69. The van der Waals surface area contributed by atoms with Crippen LogP contribution in [-0.4, -0.2) is 19.2 Å². The molecule has 0 atom stereocenters. The van der Waals surface area contributed by atoms with Gasteiger partial charge in [-0.2, -0.15) is 5.26 Å². The molecule has 5 nitrogen and oxygen atoms in total. The van der Waals surface area contributed by atoms with E-state index in [1.807, 2.05) is 6.07 Å². The highest BCUT2D eigenvalue weighted by Crippen LogP contribution is 2.30. The van der Waals surface area contributed by atoms with Crippen LogP contribution in [0.1, 0.15) is 19.0 Å². The Kier molecular flexibility index (Phi) is 3.67. The molecule has 0 radical (unpaired) electrons. The first kappa shape index (κ1) is 13.3. The van der Waals surface area contributed by atoms with Crippen LogP contribution in [0.4, 0.5) is 0 Å². The Labute approximate surface area is 111 Å². The molecule has 0 saturated heterocycles. The Morgan fingerprint density at radius 3 is 2.79 bits per heavy atom. The van der Waals surface area contributed by atoms with Crippen molar-refractivity contribution >= 4 is 9.84 Å². The standard InChI is InChI=1S/C13H12N2O3S/c1-2-8-19(16,17)13-10(12-4-3-7-18-12)5-6-15-11(13)9-14/h3-7H,2,8H2,1H3. The molecule has 0 amide bonds. The molecule has 2 aromatic heterocycles. The molecule has 0 aliphatic heterocycles. The van der Waals surface area contributed by atoms with Crippen LogP contribution in [0.5, 0.6) is 0 Å². The van der Waals surface area contributed by atoms with Crippen LogP contribution in [0.15, 0.2) is 40.0 Å². The van der Waals surface area contributed by atoms with E-state index in [1.54, 1.807) is 25.1 Å². The molecule has 2 rings (SSSR count). The summed E-state index contributed by atoms with van der Waals surface area (Å²) in [7, 11) is -3.55. The zero-order valence-corrected chi connectivity index (χ0v) is 11.1. The largest absolute Gasteiger partial charge is 0.464 e. The molecule has 19 heavy (non-hydrogen) atoms. The summed E-state index contributed by atoms with van der Waals surface area (Å²) in [5.74, 6) is 0.384. The zero-order chi connectivity index (χ0) is 13.9. The fraction of sp³-hybridized carbons (Fsp3) is 0.231. The van der Waals surface area contributed by atoms with Gasteiger partial charge in [0.05, 0.1) is 12.0 Å². The third-order valence-corrected chi connectivity index (χ3v) is 4.56. The van der Waals surface area contributed by atoms with Crippen molar-refractivity contribution in [3.8, 4) is 17.4 Å². The quantitative estimate of drug-likeness (QED) is 0.856. The third kappa shape index (κ3) is 2.51. The monoisotopic (exact) mass is 276 g/mol. The molecule has 0 fully saturated rings. The maximum Gasteiger partial charge on any atom is 0.181 e. The summed E-state index contributed by atoms with van der Waals surface area (Å²) in [6.07, 6.45) is 3.33. The number of hydrogen-bond acceptors (Lipinski definition) is 5. The number of hydrogen-bond donors (Lipinski definition) is 0. The van der Waals surface area contributed by atoms with Crippen molar-refractivity contribution in [3.63, 3.8) is 0 Å². The normalized spacial score (nSPS) is 11.2. The summed E-state index contributed by atoms with van der Waals surface area (Å²) in [6.45, 7) is 1.77. The van der Waals surface area contributed by atoms with E-state index in [0.29, 0.717) is 17.7 Å². The van der Waals surface area contributed by atoms with Crippen molar-refractivity contribution in [1.82, 2.24) is 4.98 Å². The average molecular weight is 276 g/mol. The maximum absolute atomic E-state index is 12.3. The Morgan fingerprint density at radius 2 is 2.21 bits per heavy atom. The van der Waals surface area contributed by atoms with E-state index in [4.69, 9.17) is 9.68 Å². The first-order valence-corrected chi connectivity index (χ1v) is 7.41. The van der Waals surface area contributed by atoms with Crippen molar-refractivity contribution < 1.29 is 12.8 Å². The van der Waals surface area contributed by atoms with Crippen LogP contribution in [-0.2, 0) is 9.84 Å². The number of furan rings is 1. The molecule has 98 valence electrons. The summed E-state index contributed by atoms with van der Waals surface area (Å²) >= 11 is 0. The molecule has 0 N–H and O–H groups in total. The van der Waals surface area contributed by atoms with Crippen LogP contribution in [0.2, 0.25) is 0 Å². The van der Waals surface area contributed by atoms with Gasteiger partial charge in [0.2, 0.25) is 0 Å². The third-order valence-electron chi connectivity index (χ3n) is 2.58. The van der Waals surface area contributed by atoms with Gasteiger partial charge in [-0.1, -0.05) is 6.92 Å². The van der Waals surface area contributed by atoms with Crippen LogP contribution < -0.4 is 0 Å². The van der Waals surface area contributed by atoms with E-state index in [2.05, 4.69) is 4.98 Å². The number of nitriles is 1. The van der Waals surface area contributed by atoms with E-state index in [0.717, 1.165) is 0 Å². The van der Waals surface area contributed by atoms with Crippen molar-refractivity contribution in [2.45, 2.75) is 18.2 Å². The SMILES string of the molecule is CCCS(=O)(=O)c1c(-c2ccco2)ccnc1C#N. The Balaban J connectivity index is 2.74. The molecule has 0 aliphatic rings. The lowest BCUT2D eigenvalue weighted by molar-refractivity contribution is 0.576. The summed E-state index contributed by atoms with van der Waals surface area (Å²) in [4.78, 5) is 3.79. The number of rotatable bonds is 4. The first-order chi connectivity index (χ1) is 9.10. The minimum atomic E-state index is -3.55. The number of nitrogens with zero attached hydrogens (tertiary/aromatic N) is 2. The molecule has 6 heteroatoms. The molecule has 0 bridgehead atoms. The fourth-order valence-electron chi connectivity index (χ4n) is 1.84. The Hall–Kier alpha value is -2.13. The first-order valence-electron chi connectivity index (χ1n) is 5.76. The van der Waals surface area contributed by atoms with E-state index in [-0.39, 0.29) is 16.3 Å². The number of aromatic nitrogens is 1. The van der Waals surface area contributed by atoms with Gasteiger partial charge >= 0.3 is 0 Å². The van der Waals surface area contributed by atoms with Crippen molar-refractivity contribution in [2.75, 3.05) is 5.75 Å². The molecule has 0 aromatic carbocycles. The van der Waals surface area contributed by atoms with E-state index in [1.165, 1.54) is 12.5 Å². The van der Waals surface area contributed by atoms with Crippen LogP contribution in [0.3, 0.4) is 0 Å². The second kappa shape index (κ2) is 5.24. The lowest BCUT2D eigenvalue weighted by Gasteiger charge is -2.09. The van der Waals surface area contributed by atoms with E-state index >= 15 is 0 Å². The Bertz CT molecular complexity index is 713. The number of sulfone groups is 1. The minimum absolute atomic E-state index is 0.0267. The van der Waals surface area contributed by atoms with Gasteiger partial charge in [0.15, 0.2) is 15.5 Å². The minimum Gasteiger partial charge on any atom is -0.464 e. The van der Waals surface area contributed by atoms with Gasteiger partial charge in [-0.25, -0.2) is 13.4 Å². The highest BCUT2D eigenvalue weighted by molar-refractivity contribution is 7.91. The highest BCUT2D eigenvalue weighted by atomic mass is 32.2. The van der Waals surface area contributed by atoms with E-state index < -0.39 is 9.84 Å². The summed E-state index contributed by atoms with van der Waals surface area (Å²) in [5.41, 5.74) is 0.285. The second-order valence-electron chi connectivity index (χ2n) is 3.94. The molecule has 2 heterocycles. The van der Waals surface area contributed by atoms with Gasteiger partial charge in [-0.15, -0.1) is 0 Å². The highest BCUT2D eigenvalue weighted by Gasteiger charge is 2.25. The maximum atomic E-state index is 12.3. The second-order valence-corrected chi connectivity index (χ2v) is 5.99. The summed E-state index contributed by atoms with van der Waals surface area (Å²) in [5, 5.41) is 9.06. The lowest BCUT2D eigenvalue weighted by atomic mass is 10.2. The topological polar surface area (TPSA) is 84.0 Å². The predicted molar refractivity (Wildman–Crippen MR) is 69.0 cm³/mol. The van der Waals surface area contributed by atoms with Gasteiger partial charge < -0.3 is 4.42 Å². The van der Waals surface area contributed by atoms with Crippen molar-refractivity contribution in [3.05, 3.63) is 36.4 Å². The van der Waals surface area contributed by atoms with Crippen LogP contribution in [0, 0.1) is 11.3 Å². The summed E-state index contributed by atoms with van der Waals surface area (Å²) < 4.78 is 29.8. The zero-order valence-electron chi connectivity index (χ0n) is 10.3. The average Bonchev–Trinajstić information content (AvgIpc) is 2.91. The van der Waals surface area contributed by atoms with Gasteiger partial charge in [0.1, 0.15) is 16.7 Å². The van der Waals surface area contributed by atoms with Gasteiger partial charge in [-0.05, 0) is 24.6 Å². The molecule has 0 aliphatic carbocycles. The molecule has 0 spiro atoms. The molecule has 2 aromatic rings. The number of pyridine rings is 1. The van der Waals surface area contributed by atoms with Gasteiger partial charge in [0, 0.05) is 11.8 Å². The smallest absolute Gasteiger partial charge is 0.181 e. The van der Waals surface area contributed by atoms with Crippen molar-refractivity contribution in [2.24, 2.45) is 0 Å². The lowest BCUT2D eigenvalue weighted by Crippen LogP contribution is -2.10. The van der Waals surface area contributed by atoms with Crippen molar-refractivity contribution in [1.29, 1.82) is 5.26 Å². The molecule has 0 unspecified atom stereocenters. The Morgan fingerprint density at radius 1 is 1.42 bits per heavy atom. The molecular formula is C13H12N2O3S. The molecular weight excluding hydrogens is 264 g/mol. The predicted octanol–water partition coefficient (Wildman–Crippen LogP) is 2.40. The van der Waals surface area contributed by atoms with Gasteiger partial charge in [0.25, 0.3) is 0 Å². The van der Waals surface area contributed by atoms with Crippen LogP contribution in [0.25, 0.3) is 11.3 Å². The van der Waals surface area contributed by atoms with Gasteiger partial charge in [-0.3, -0.25) is 0 Å². The van der Waals surface area contributed by atoms with Crippen LogP contribution >= 0.6 is 0 Å². The fourth-order valence-corrected chi connectivity index (χ4v) is 3.48.